The van der Waals surface area contributed by atoms with E-state index in [1.807, 2.05) is 49.1 Å². The second kappa shape index (κ2) is 17.3. The van der Waals surface area contributed by atoms with Crippen LogP contribution in [-0.2, 0) is 19.1 Å². The Morgan fingerprint density at radius 3 is 2.26 bits per heavy atom. The number of alkyl halides is 1. The Kier molecular flexibility index (Phi) is 11.3. The van der Waals surface area contributed by atoms with Crippen molar-refractivity contribution in [3.05, 3.63) is 88.1 Å². The van der Waals surface area contributed by atoms with E-state index in [0.717, 1.165) is 54.1 Å². The quantitative estimate of drug-likeness (QED) is 0.0927. The SMILES string of the molecule is COC(=O)N[C@H](C(=O)N1[C@@H]2C[C@@H]2C[C@H]1c1ncc(-c2cc(F)c3c(c2)OC(c2ccc(C4CC4)s2)n2c-3cc3cc(-c4cnc([C@@H]5CCCN5C(=O)[C@@H](NC(=O)OC)C(C)(C)F)[nH]4)ccc32)[nH]1)C(C)C. The molecule has 0 radical (unpaired) electrons. The third-order valence-electron chi connectivity index (χ3n) is 14.6. The minimum absolute atomic E-state index is 0.0606. The molecule has 4 N–H and O–H groups in total. The van der Waals surface area contributed by atoms with Crippen molar-refractivity contribution in [1.29, 1.82) is 0 Å². The van der Waals surface area contributed by atoms with Crippen molar-refractivity contribution in [1.82, 2.24) is 44.9 Å². The number of carbonyl (C=O) groups is 4. The summed E-state index contributed by atoms with van der Waals surface area (Å²) in [6.45, 7) is 6.63. The molecule has 7 heterocycles. The Labute approximate surface area is 406 Å². The lowest BCUT2D eigenvalue weighted by atomic mass is 9.99. The number of nitrogens with one attached hydrogen (secondary N) is 4. The molecule has 19 heteroatoms. The molecule has 16 nitrogen and oxygen atoms in total. The van der Waals surface area contributed by atoms with Gasteiger partial charge in [-0.3, -0.25) is 14.2 Å². The number of carbonyl (C=O) groups excluding carboxylic acids is 4. The molecular weight excluding hydrogens is 921 g/mol. The number of amides is 4. The van der Waals surface area contributed by atoms with Crippen molar-refractivity contribution >= 4 is 46.2 Å². The molecule has 3 aliphatic heterocycles. The summed E-state index contributed by atoms with van der Waals surface area (Å²) in [6, 6.07) is 12.6. The van der Waals surface area contributed by atoms with Gasteiger partial charge in [-0.25, -0.2) is 28.3 Å². The number of H-pyrrole nitrogens is 2. The first-order valence-electron chi connectivity index (χ1n) is 24.0. The molecule has 70 heavy (non-hydrogen) atoms. The maximum absolute atomic E-state index is 17.0. The van der Waals surface area contributed by atoms with E-state index in [2.05, 4.69) is 42.0 Å². The fourth-order valence-electron chi connectivity index (χ4n) is 10.7. The molecule has 2 saturated heterocycles. The highest BCUT2D eigenvalue weighted by molar-refractivity contribution is 7.12. The summed E-state index contributed by atoms with van der Waals surface area (Å²) < 4.78 is 50.8. The van der Waals surface area contributed by atoms with Crippen LogP contribution in [0.25, 0.3) is 44.7 Å². The van der Waals surface area contributed by atoms with Gasteiger partial charge in [0.05, 0.1) is 71.7 Å². The van der Waals surface area contributed by atoms with Crippen molar-refractivity contribution in [3.63, 3.8) is 0 Å². The van der Waals surface area contributed by atoms with Crippen LogP contribution in [0.1, 0.15) is 112 Å². The van der Waals surface area contributed by atoms with Crippen molar-refractivity contribution in [3.8, 4) is 39.5 Å². The van der Waals surface area contributed by atoms with Crippen LogP contribution in [0, 0.1) is 17.7 Å². The smallest absolute Gasteiger partial charge is 0.407 e. The van der Waals surface area contributed by atoms with Crippen LogP contribution >= 0.6 is 11.3 Å². The summed E-state index contributed by atoms with van der Waals surface area (Å²) in [7, 11) is 2.44. The number of aromatic amines is 2. The predicted octanol–water partition coefficient (Wildman–Crippen LogP) is 9.28. The number of imidazole rings is 2. The fourth-order valence-corrected chi connectivity index (χ4v) is 11.9. The molecule has 5 aliphatic rings. The lowest BCUT2D eigenvalue weighted by Gasteiger charge is -2.32. The second-order valence-electron chi connectivity index (χ2n) is 20.1. The summed E-state index contributed by atoms with van der Waals surface area (Å²) in [4.78, 5) is 74.1. The average molecular weight is 976 g/mol. The first kappa shape index (κ1) is 45.7. The maximum Gasteiger partial charge on any atom is 0.407 e. The van der Waals surface area contributed by atoms with Crippen LogP contribution in [0.15, 0.2) is 60.9 Å². The number of rotatable bonds is 12. The maximum atomic E-state index is 17.0. The number of thiophene rings is 1. The van der Waals surface area contributed by atoms with Crippen molar-refractivity contribution in [2.75, 3.05) is 20.8 Å². The minimum atomic E-state index is -2.06. The topological polar surface area (TPSA) is 189 Å². The standard InChI is InChI=1S/C51H55F2N9O7S/c1-24(2)42(58-49(65)67-5)46(63)61-35-18-29(35)20-37(61)45-55-23-32(57-45)27-17-30(52)41-36-19-28-16-26(11-12-33(28)62(36)48(69-38(41)21-27)40-14-13-39(70-40)25-9-10-25)31-22-54-44(56-31)34-8-7-15-60(34)47(64)43(51(3,4)53)59-50(66)68-6/h11-14,16-17,19,21-25,29,34-35,37,42-43,48H,7-10,15,18,20H2,1-6H3,(H,54,56)(H,55,57)(H,58,65)(H,59,66)/t29-,34+,35-,37+,42+,43-,48?/m1/s1. The lowest BCUT2D eigenvalue weighted by molar-refractivity contribution is -0.138. The van der Waals surface area contributed by atoms with E-state index in [4.69, 9.17) is 19.4 Å². The number of hydrogen-bond acceptors (Lipinski definition) is 10. The second-order valence-corrected chi connectivity index (χ2v) is 21.2. The molecule has 4 fully saturated rings. The largest absolute Gasteiger partial charge is 0.464 e. The molecule has 1 unspecified atom stereocenters. The van der Waals surface area contributed by atoms with Crippen LogP contribution in [0.2, 0.25) is 0 Å². The van der Waals surface area contributed by atoms with E-state index < -0.39 is 53.9 Å². The third-order valence-corrected chi connectivity index (χ3v) is 15.9. The van der Waals surface area contributed by atoms with E-state index in [0.29, 0.717) is 76.8 Å². The highest BCUT2D eigenvalue weighted by Crippen LogP contribution is 2.54. The number of likely N-dealkylation sites (tertiary alicyclic amines) is 2. The number of nitrogens with zero attached hydrogens (tertiary/aromatic N) is 5. The van der Waals surface area contributed by atoms with Gasteiger partial charge >= 0.3 is 12.2 Å². The van der Waals surface area contributed by atoms with Crippen LogP contribution in [0.3, 0.4) is 0 Å². The van der Waals surface area contributed by atoms with Gasteiger partial charge in [0.1, 0.15) is 41.0 Å². The number of methoxy groups -OCH3 is 2. The highest BCUT2D eigenvalue weighted by Gasteiger charge is 2.56. The van der Waals surface area contributed by atoms with Gasteiger partial charge in [-0.15, -0.1) is 11.3 Å². The Balaban J connectivity index is 0.908. The molecule has 2 saturated carbocycles. The molecule has 2 aliphatic carbocycles. The Hall–Kier alpha value is -6.76. The van der Waals surface area contributed by atoms with Crippen LogP contribution < -0.4 is 15.4 Å². The molecular formula is C51H55F2N9O7S. The van der Waals surface area contributed by atoms with Gasteiger partial charge in [0.2, 0.25) is 18.0 Å². The Morgan fingerprint density at radius 1 is 0.857 bits per heavy atom. The third kappa shape index (κ3) is 8.04. The number of aromatic nitrogens is 5. The Morgan fingerprint density at radius 2 is 1.56 bits per heavy atom. The number of fused-ring (bicyclic) bond motifs is 6. The molecule has 2 aromatic carbocycles. The summed E-state index contributed by atoms with van der Waals surface area (Å²) in [5, 5.41) is 5.95. The number of benzene rings is 2. The van der Waals surface area contributed by atoms with Crippen molar-refractivity contribution < 1.29 is 42.2 Å². The van der Waals surface area contributed by atoms with E-state index in [1.54, 1.807) is 28.6 Å². The highest BCUT2D eigenvalue weighted by atomic mass is 32.1. The molecule has 6 aromatic rings. The Bertz CT molecular complexity index is 3060. The number of alkyl carbamates (subject to hydrolysis) is 2. The summed E-state index contributed by atoms with van der Waals surface area (Å²) in [5.74, 6) is 1.00. The number of halogens is 2. The zero-order chi connectivity index (χ0) is 48.9. The summed E-state index contributed by atoms with van der Waals surface area (Å²) in [5.41, 5.74) is 2.40. The predicted molar refractivity (Wildman–Crippen MR) is 256 cm³/mol. The van der Waals surface area contributed by atoms with Gasteiger partial charge in [-0.1, -0.05) is 19.9 Å². The summed E-state index contributed by atoms with van der Waals surface area (Å²) >= 11 is 1.71. The van der Waals surface area contributed by atoms with E-state index in [1.165, 1.54) is 31.9 Å². The van der Waals surface area contributed by atoms with Crippen LogP contribution in [0.5, 0.6) is 5.75 Å². The zero-order valence-corrected chi connectivity index (χ0v) is 40.5. The van der Waals surface area contributed by atoms with Crippen molar-refractivity contribution in [2.45, 2.75) is 114 Å². The molecule has 0 bridgehead atoms. The zero-order valence-electron chi connectivity index (χ0n) is 39.7. The fraction of sp³-hybridized carbons (Fsp3) is 0.451. The molecule has 4 aromatic heterocycles. The number of hydrogen-bond donors (Lipinski definition) is 4. The van der Waals surface area contributed by atoms with Gasteiger partial charge in [-0.2, -0.15) is 0 Å². The summed E-state index contributed by atoms with van der Waals surface area (Å²) in [6.07, 6.45) is 6.42. The average Bonchev–Trinajstić information content (AvgIpc) is 3.81. The molecule has 4 amide bonds. The van der Waals surface area contributed by atoms with Gasteiger partial charge in [0.15, 0.2) is 0 Å². The van der Waals surface area contributed by atoms with E-state index in [9.17, 15) is 19.2 Å². The molecule has 366 valence electrons. The molecule has 0 spiro atoms. The lowest BCUT2D eigenvalue weighted by Crippen LogP contribution is -2.56. The van der Waals surface area contributed by atoms with Crippen LogP contribution in [0.4, 0.5) is 18.4 Å². The molecule has 11 rings (SSSR count). The first-order chi connectivity index (χ1) is 33.6. The normalized spacial score (nSPS) is 22.3. The number of ether oxygens (including phenoxy) is 3. The van der Waals surface area contributed by atoms with Gasteiger partial charge in [0, 0.05) is 34.0 Å². The van der Waals surface area contributed by atoms with Crippen molar-refractivity contribution in [2.24, 2.45) is 11.8 Å². The van der Waals surface area contributed by atoms with Gasteiger partial charge in [0.25, 0.3) is 0 Å². The monoisotopic (exact) mass is 975 g/mol. The minimum Gasteiger partial charge on any atom is -0.464 e. The van der Waals surface area contributed by atoms with Gasteiger partial charge in [-0.05, 0) is 113 Å². The first-order valence-corrected chi connectivity index (χ1v) is 24.8. The van der Waals surface area contributed by atoms with Crippen LogP contribution in [-0.4, -0.2) is 103 Å². The van der Waals surface area contributed by atoms with E-state index >= 15 is 8.78 Å². The number of piperidine rings is 1. The molecule has 7 atom stereocenters. The van der Waals surface area contributed by atoms with E-state index in [-0.39, 0.29) is 23.9 Å². The van der Waals surface area contributed by atoms with Gasteiger partial charge < -0.3 is 44.6 Å².